The third kappa shape index (κ3) is 4.85. The Labute approximate surface area is 150 Å². The summed E-state index contributed by atoms with van der Waals surface area (Å²) in [5, 5.41) is 0. The van der Waals surface area contributed by atoms with Gasteiger partial charge in [0.05, 0.1) is 32.3 Å². The van der Waals surface area contributed by atoms with Crippen molar-refractivity contribution in [2.75, 3.05) is 26.4 Å². The van der Waals surface area contributed by atoms with Crippen molar-refractivity contribution in [3.05, 3.63) is 47.3 Å². The van der Waals surface area contributed by atoms with E-state index in [1.54, 1.807) is 0 Å². The lowest BCUT2D eigenvalue weighted by molar-refractivity contribution is -0.278. The van der Waals surface area contributed by atoms with Crippen LogP contribution in [0.3, 0.4) is 0 Å². The molecule has 2 fully saturated rings. The summed E-state index contributed by atoms with van der Waals surface area (Å²) in [7, 11) is 0. The van der Waals surface area contributed by atoms with Gasteiger partial charge in [-0.05, 0) is 31.0 Å². The van der Waals surface area contributed by atoms with Gasteiger partial charge in [-0.1, -0.05) is 12.2 Å². The zero-order chi connectivity index (χ0) is 18.5. The fourth-order valence-electron chi connectivity index (χ4n) is 3.11. The first-order valence-corrected chi connectivity index (χ1v) is 8.79. The molecule has 0 unspecified atom stereocenters. The molecule has 0 aromatic heterocycles. The summed E-state index contributed by atoms with van der Waals surface area (Å²) in [5.74, 6) is -3.57. The van der Waals surface area contributed by atoms with Crippen LogP contribution in [0, 0.1) is 29.3 Å². The Morgan fingerprint density at radius 3 is 2.15 bits per heavy atom. The van der Waals surface area contributed by atoms with Crippen LogP contribution in [0.4, 0.5) is 13.2 Å². The molecule has 3 rings (SSSR count). The minimum Gasteiger partial charge on any atom is -0.352 e. The molecule has 0 radical (unpaired) electrons. The van der Waals surface area contributed by atoms with Crippen molar-refractivity contribution in [3.63, 3.8) is 0 Å². The topological polar surface area (TPSA) is 36.9 Å². The average Bonchev–Trinajstić information content (AvgIpc) is 2.66. The third-order valence-corrected chi connectivity index (χ3v) is 4.50. The van der Waals surface area contributed by atoms with Crippen molar-refractivity contribution in [3.8, 4) is 0 Å². The van der Waals surface area contributed by atoms with Gasteiger partial charge < -0.3 is 18.9 Å². The lowest BCUT2D eigenvalue weighted by Gasteiger charge is -2.37. The highest BCUT2D eigenvalue weighted by atomic mass is 19.2. The van der Waals surface area contributed by atoms with Gasteiger partial charge in [0.15, 0.2) is 30.0 Å². The standard InChI is InChI=1S/C19H23F3O4/c1-2-3-13-8-25-19(26-9-13)14-10-23-17(24-11-14)5-4-12-6-15(20)18(22)16(21)7-12/h2-3,6-7,13-14,17,19H,4-5,8-11H2,1H3/b3-2+. The molecule has 0 spiro atoms. The molecule has 0 amide bonds. The van der Waals surface area contributed by atoms with E-state index in [1.807, 2.05) is 13.0 Å². The van der Waals surface area contributed by atoms with E-state index in [2.05, 4.69) is 6.08 Å². The van der Waals surface area contributed by atoms with E-state index < -0.39 is 23.7 Å². The summed E-state index contributed by atoms with van der Waals surface area (Å²) in [6.07, 6.45) is 3.96. The van der Waals surface area contributed by atoms with Gasteiger partial charge in [-0.2, -0.15) is 0 Å². The zero-order valence-corrected chi connectivity index (χ0v) is 14.6. The molecule has 0 N–H and O–H groups in total. The summed E-state index contributed by atoms with van der Waals surface area (Å²) >= 11 is 0. The number of ether oxygens (including phenoxy) is 4. The summed E-state index contributed by atoms with van der Waals surface area (Å²) in [4.78, 5) is 0. The molecule has 7 heteroatoms. The van der Waals surface area contributed by atoms with Gasteiger partial charge in [-0.15, -0.1) is 0 Å². The SMILES string of the molecule is C/C=C/C1COC(C2COC(CCc3cc(F)c(F)c(F)c3)OC2)OC1. The molecule has 26 heavy (non-hydrogen) atoms. The van der Waals surface area contributed by atoms with E-state index >= 15 is 0 Å². The maximum Gasteiger partial charge on any atom is 0.194 e. The quantitative estimate of drug-likeness (QED) is 0.585. The van der Waals surface area contributed by atoms with Crippen molar-refractivity contribution < 1.29 is 32.1 Å². The summed E-state index contributed by atoms with van der Waals surface area (Å²) < 4.78 is 62.2. The molecule has 0 aliphatic carbocycles. The Kier molecular flexibility index (Phi) is 6.69. The monoisotopic (exact) mass is 372 g/mol. The van der Waals surface area contributed by atoms with E-state index in [1.165, 1.54) is 0 Å². The first-order valence-electron chi connectivity index (χ1n) is 8.79. The maximum absolute atomic E-state index is 13.2. The molecule has 1 aromatic carbocycles. The highest BCUT2D eigenvalue weighted by molar-refractivity contribution is 5.19. The second-order valence-electron chi connectivity index (χ2n) is 6.59. The molecule has 0 saturated carbocycles. The molecule has 144 valence electrons. The van der Waals surface area contributed by atoms with Crippen LogP contribution >= 0.6 is 0 Å². The Hall–Kier alpha value is -1.41. The van der Waals surface area contributed by atoms with Crippen LogP contribution in [-0.2, 0) is 25.4 Å². The summed E-state index contributed by atoms with van der Waals surface area (Å²) in [6, 6.07) is 1.99. The number of hydrogen-bond acceptors (Lipinski definition) is 4. The molecule has 2 aliphatic heterocycles. The van der Waals surface area contributed by atoms with Gasteiger partial charge in [0.1, 0.15) is 0 Å². The lowest BCUT2D eigenvalue weighted by atomic mass is 10.1. The van der Waals surface area contributed by atoms with Crippen LogP contribution in [0.1, 0.15) is 18.9 Å². The fraction of sp³-hybridized carbons (Fsp3) is 0.579. The number of aryl methyl sites for hydroxylation is 1. The Morgan fingerprint density at radius 1 is 0.962 bits per heavy atom. The third-order valence-electron chi connectivity index (χ3n) is 4.50. The van der Waals surface area contributed by atoms with E-state index in [0.717, 1.165) is 12.1 Å². The van der Waals surface area contributed by atoms with Crippen LogP contribution in [-0.4, -0.2) is 39.0 Å². The number of halogens is 3. The van der Waals surface area contributed by atoms with Gasteiger partial charge in [-0.25, -0.2) is 13.2 Å². The highest BCUT2D eigenvalue weighted by Crippen LogP contribution is 2.24. The van der Waals surface area contributed by atoms with Crippen LogP contribution in [0.5, 0.6) is 0 Å². The van der Waals surface area contributed by atoms with Crippen LogP contribution in [0.15, 0.2) is 24.3 Å². The van der Waals surface area contributed by atoms with E-state index in [0.29, 0.717) is 44.8 Å². The lowest BCUT2D eigenvalue weighted by Crippen LogP contribution is -2.44. The largest absolute Gasteiger partial charge is 0.352 e. The molecule has 2 aliphatic rings. The van der Waals surface area contributed by atoms with Crippen molar-refractivity contribution >= 4 is 0 Å². The molecule has 1 aromatic rings. The predicted molar refractivity (Wildman–Crippen MR) is 87.8 cm³/mol. The molecular weight excluding hydrogens is 349 g/mol. The van der Waals surface area contributed by atoms with E-state index in [-0.39, 0.29) is 18.1 Å². The molecule has 2 heterocycles. The van der Waals surface area contributed by atoms with Crippen molar-refractivity contribution in [1.29, 1.82) is 0 Å². The van der Waals surface area contributed by atoms with E-state index in [9.17, 15) is 13.2 Å². The first-order chi connectivity index (χ1) is 12.6. The molecule has 0 atom stereocenters. The molecule has 2 saturated heterocycles. The number of rotatable bonds is 5. The normalized spacial score (nSPS) is 30.0. The van der Waals surface area contributed by atoms with Crippen molar-refractivity contribution in [1.82, 2.24) is 0 Å². The summed E-state index contributed by atoms with van der Waals surface area (Å²) in [6.45, 7) is 4.03. The smallest absolute Gasteiger partial charge is 0.194 e. The van der Waals surface area contributed by atoms with Crippen molar-refractivity contribution in [2.24, 2.45) is 11.8 Å². The molecule has 4 nitrogen and oxygen atoms in total. The van der Waals surface area contributed by atoms with Crippen LogP contribution in [0.25, 0.3) is 0 Å². The van der Waals surface area contributed by atoms with Gasteiger partial charge in [-0.3, -0.25) is 0 Å². The summed E-state index contributed by atoms with van der Waals surface area (Å²) in [5.41, 5.74) is 0.365. The van der Waals surface area contributed by atoms with Gasteiger partial charge >= 0.3 is 0 Å². The Morgan fingerprint density at radius 2 is 1.58 bits per heavy atom. The first kappa shape index (κ1) is 19.4. The Balaban J connectivity index is 1.42. The van der Waals surface area contributed by atoms with Crippen LogP contribution < -0.4 is 0 Å². The molecular formula is C19H23F3O4. The van der Waals surface area contributed by atoms with Crippen molar-refractivity contribution in [2.45, 2.75) is 32.3 Å². The van der Waals surface area contributed by atoms with Gasteiger partial charge in [0, 0.05) is 12.3 Å². The number of benzene rings is 1. The number of allylic oxidation sites excluding steroid dienone is 1. The minimum atomic E-state index is -1.45. The fourth-order valence-corrected chi connectivity index (χ4v) is 3.11. The predicted octanol–water partition coefficient (Wildman–Crippen LogP) is 3.59. The highest BCUT2D eigenvalue weighted by Gasteiger charge is 2.33. The Bertz CT molecular complexity index is 598. The minimum absolute atomic E-state index is 0.0153. The second kappa shape index (κ2) is 8.99. The van der Waals surface area contributed by atoms with Gasteiger partial charge in [0.2, 0.25) is 0 Å². The zero-order valence-electron chi connectivity index (χ0n) is 14.6. The number of hydrogen-bond donors (Lipinski definition) is 0. The van der Waals surface area contributed by atoms with Crippen LogP contribution in [0.2, 0.25) is 0 Å². The van der Waals surface area contributed by atoms with Gasteiger partial charge in [0.25, 0.3) is 0 Å². The average molecular weight is 372 g/mol. The second-order valence-corrected chi connectivity index (χ2v) is 6.59. The maximum atomic E-state index is 13.2. The van der Waals surface area contributed by atoms with E-state index in [4.69, 9.17) is 18.9 Å². The molecule has 0 bridgehead atoms.